The summed E-state index contributed by atoms with van der Waals surface area (Å²) in [7, 11) is -3.26. The molecule has 1 aliphatic carbocycles. The van der Waals surface area contributed by atoms with Gasteiger partial charge in [0.15, 0.2) is 0 Å². The summed E-state index contributed by atoms with van der Waals surface area (Å²) in [5.74, 6) is 0.379. The zero-order valence-corrected chi connectivity index (χ0v) is 8.02. The second-order valence-electron chi connectivity index (χ2n) is 3.48. The van der Waals surface area contributed by atoms with Gasteiger partial charge in [-0.05, 0) is 12.0 Å². The van der Waals surface area contributed by atoms with Crippen molar-refractivity contribution in [1.29, 1.82) is 0 Å². The summed E-state index contributed by atoms with van der Waals surface area (Å²) in [5.41, 5.74) is 0. The molecule has 0 heterocycles. The molecule has 1 saturated carbocycles. The van der Waals surface area contributed by atoms with Crippen LogP contribution in [-0.4, -0.2) is 9.46 Å². The van der Waals surface area contributed by atoms with Gasteiger partial charge in [0.25, 0.3) is 0 Å². The lowest BCUT2D eigenvalue weighted by Crippen LogP contribution is -2.06. The molecule has 0 amide bonds. The van der Waals surface area contributed by atoms with Gasteiger partial charge in [0.1, 0.15) is 0 Å². The van der Waals surface area contributed by atoms with E-state index in [0.29, 0.717) is 5.92 Å². The first-order chi connectivity index (χ1) is 5.29. The molecule has 11 heavy (non-hydrogen) atoms. The molecule has 0 aromatic rings. The minimum atomic E-state index is -3.26. The lowest BCUT2D eigenvalue weighted by molar-refractivity contribution is 0.475. The summed E-state index contributed by atoms with van der Waals surface area (Å²) in [6.07, 6.45) is 7.04. The normalized spacial score (nSPS) is 22.1. The molecule has 0 aliphatic heterocycles. The molecule has 0 nitrogen and oxygen atoms in total. The van der Waals surface area contributed by atoms with E-state index in [0.717, 1.165) is 12.8 Å². The first-order valence-corrected chi connectivity index (χ1v) is 6.26. The highest BCUT2D eigenvalue weighted by Crippen LogP contribution is 2.27. The van der Waals surface area contributed by atoms with E-state index in [2.05, 4.69) is 0 Å². The van der Waals surface area contributed by atoms with Gasteiger partial charge >= 0.3 is 9.46 Å². The standard InChI is InChI=1S/C8H16F2Si/c9-11(10)7-8-5-3-1-2-4-6-8/h8,11H,1-7H2. The van der Waals surface area contributed by atoms with Crippen molar-refractivity contribution >= 4 is 9.46 Å². The van der Waals surface area contributed by atoms with Gasteiger partial charge < -0.3 is 0 Å². The Kier molecular flexibility index (Phi) is 4.05. The monoisotopic (exact) mass is 178 g/mol. The summed E-state index contributed by atoms with van der Waals surface area (Å²) >= 11 is 0. The van der Waals surface area contributed by atoms with Crippen molar-refractivity contribution in [3.63, 3.8) is 0 Å². The summed E-state index contributed by atoms with van der Waals surface area (Å²) in [4.78, 5) is 0. The first kappa shape index (κ1) is 9.17. The Morgan fingerprint density at radius 3 is 2.00 bits per heavy atom. The van der Waals surface area contributed by atoms with E-state index in [9.17, 15) is 8.22 Å². The largest absolute Gasteiger partial charge is 0.411 e. The van der Waals surface area contributed by atoms with Gasteiger partial charge in [0, 0.05) is 0 Å². The fourth-order valence-electron chi connectivity index (χ4n) is 1.85. The Balaban J connectivity index is 2.20. The molecular formula is C8H16F2Si. The summed E-state index contributed by atoms with van der Waals surface area (Å²) in [5, 5.41) is 0. The van der Waals surface area contributed by atoms with E-state index in [1.165, 1.54) is 25.7 Å². The highest BCUT2D eigenvalue weighted by molar-refractivity contribution is 6.42. The maximum absolute atomic E-state index is 12.1. The Hall–Kier alpha value is 0.0769. The highest BCUT2D eigenvalue weighted by atomic mass is 28.4. The molecule has 0 N–H and O–H groups in total. The predicted molar refractivity (Wildman–Crippen MR) is 45.4 cm³/mol. The molecule has 0 bridgehead atoms. The van der Waals surface area contributed by atoms with Crippen molar-refractivity contribution in [2.45, 2.75) is 44.6 Å². The quantitative estimate of drug-likeness (QED) is 0.346. The lowest BCUT2D eigenvalue weighted by atomic mass is 10.0. The van der Waals surface area contributed by atoms with Crippen molar-refractivity contribution in [3.05, 3.63) is 0 Å². The van der Waals surface area contributed by atoms with Crippen LogP contribution in [0.25, 0.3) is 0 Å². The summed E-state index contributed by atoms with van der Waals surface area (Å²) in [6.45, 7) is 0. The number of halogens is 2. The molecule has 1 rings (SSSR count). The fraction of sp³-hybridized carbons (Fsp3) is 1.00. The minimum Gasteiger partial charge on any atom is -0.275 e. The van der Waals surface area contributed by atoms with Gasteiger partial charge in [-0.1, -0.05) is 38.5 Å². The molecule has 0 atom stereocenters. The maximum atomic E-state index is 12.1. The van der Waals surface area contributed by atoms with Crippen LogP contribution in [0.3, 0.4) is 0 Å². The molecule has 1 aliphatic rings. The minimum absolute atomic E-state index is 0.278. The van der Waals surface area contributed by atoms with E-state index < -0.39 is 9.46 Å². The molecule has 0 aromatic heterocycles. The van der Waals surface area contributed by atoms with E-state index in [1.807, 2.05) is 0 Å². The summed E-state index contributed by atoms with van der Waals surface area (Å²) < 4.78 is 24.2. The van der Waals surface area contributed by atoms with Crippen LogP contribution >= 0.6 is 0 Å². The molecular weight excluding hydrogens is 162 g/mol. The van der Waals surface area contributed by atoms with Crippen molar-refractivity contribution in [2.75, 3.05) is 0 Å². The Bertz CT molecular complexity index is 98.3. The Morgan fingerprint density at radius 1 is 1.00 bits per heavy atom. The SMILES string of the molecule is F[SiH](F)CC1CCCCCC1. The first-order valence-electron chi connectivity index (χ1n) is 4.57. The Morgan fingerprint density at radius 2 is 1.55 bits per heavy atom. The number of rotatable bonds is 2. The van der Waals surface area contributed by atoms with Crippen molar-refractivity contribution in [1.82, 2.24) is 0 Å². The van der Waals surface area contributed by atoms with Gasteiger partial charge in [-0.15, -0.1) is 0 Å². The maximum Gasteiger partial charge on any atom is 0.411 e. The van der Waals surface area contributed by atoms with Crippen molar-refractivity contribution < 1.29 is 8.22 Å². The molecule has 0 radical (unpaired) electrons. The molecule has 0 saturated heterocycles. The zero-order valence-electron chi connectivity index (χ0n) is 6.86. The van der Waals surface area contributed by atoms with Gasteiger partial charge in [0.05, 0.1) is 0 Å². The molecule has 1 fully saturated rings. The average Bonchev–Trinajstić information content (AvgIpc) is 2.14. The van der Waals surface area contributed by atoms with Gasteiger partial charge in [-0.3, -0.25) is 8.22 Å². The third-order valence-corrected chi connectivity index (χ3v) is 3.51. The van der Waals surface area contributed by atoms with Crippen LogP contribution in [0.2, 0.25) is 6.04 Å². The van der Waals surface area contributed by atoms with E-state index in [4.69, 9.17) is 0 Å². The van der Waals surface area contributed by atoms with Crippen LogP contribution in [-0.2, 0) is 0 Å². The van der Waals surface area contributed by atoms with Gasteiger partial charge in [-0.2, -0.15) is 0 Å². The second-order valence-corrected chi connectivity index (χ2v) is 4.74. The average molecular weight is 178 g/mol. The van der Waals surface area contributed by atoms with Crippen molar-refractivity contribution in [2.24, 2.45) is 5.92 Å². The Labute approximate surface area is 68.9 Å². The molecule has 3 heteroatoms. The van der Waals surface area contributed by atoms with Gasteiger partial charge in [-0.25, -0.2) is 0 Å². The van der Waals surface area contributed by atoms with Crippen LogP contribution in [0.1, 0.15) is 38.5 Å². The highest BCUT2D eigenvalue weighted by Gasteiger charge is 2.18. The van der Waals surface area contributed by atoms with Crippen LogP contribution in [0, 0.1) is 5.92 Å². The van der Waals surface area contributed by atoms with Crippen LogP contribution in [0.15, 0.2) is 0 Å². The van der Waals surface area contributed by atoms with E-state index in [-0.39, 0.29) is 6.04 Å². The number of hydrogen-bond acceptors (Lipinski definition) is 0. The lowest BCUT2D eigenvalue weighted by Gasteiger charge is -2.11. The smallest absolute Gasteiger partial charge is 0.275 e. The molecule has 0 aromatic carbocycles. The fourth-order valence-corrected chi connectivity index (χ4v) is 2.83. The third kappa shape index (κ3) is 3.84. The van der Waals surface area contributed by atoms with Crippen molar-refractivity contribution in [3.8, 4) is 0 Å². The van der Waals surface area contributed by atoms with Crippen LogP contribution in [0.4, 0.5) is 8.22 Å². The van der Waals surface area contributed by atoms with Gasteiger partial charge in [0.2, 0.25) is 0 Å². The van der Waals surface area contributed by atoms with Crippen LogP contribution in [0.5, 0.6) is 0 Å². The molecule has 0 unspecified atom stereocenters. The third-order valence-electron chi connectivity index (χ3n) is 2.49. The molecule has 66 valence electrons. The van der Waals surface area contributed by atoms with E-state index in [1.54, 1.807) is 0 Å². The topological polar surface area (TPSA) is 0 Å². The second kappa shape index (κ2) is 4.86. The predicted octanol–water partition coefficient (Wildman–Crippen LogP) is 3.12. The molecule has 0 spiro atoms. The van der Waals surface area contributed by atoms with E-state index >= 15 is 0 Å². The zero-order chi connectivity index (χ0) is 8.10. The van der Waals surface area contributed by atoms with Crippen LogP contribution < -0.4 is 0 Å². The number of hydrogen-bond donors (Lipinski definition) is 0. The summed E-state index contributed by atoms with van der Waals surface area (Å²) in [6, 6.07) is 0.278.